The molecule has 8 heteroatoms. The molecule has 1 unspecified atom stereocenters. The number of thiazole rings is 1. The number of hydrogen-bond acceptors (Lipinski definition) is 5. The van der Waals surface area contributed by atoms with Gasteiger partial charge in [-0.25, -0.2) is 9.78 Å². The maximum atomic E-state index is 12.2. The van der Waals surface area contributed by atoms with E-state index in [4.69, 9.17) is 4.74 Å². The summed E-state index contributed by atoms with van der Waals surface area (Å²) in [6, 6.07) is 6.81. The Morgan fingerprint density at radius 3 is 2.72 bits per heavy atom. The van der Waals surface area contributed by atoms with Gasteiger partial charge in [0, 0.05) is 31.2 Å². The molecule has 0 fully saturated rings. The lowest BCUT2D eigenvalue weighted by atomic mass is 10.0. The van der Waals surface area contributed by atoms with Crippen molar-refractivity contribution in [3.63, 3.8) is 0 Å². The molecule has 0 aliphatic rings. The summed E-state index contributed by atoms with van der Waals surface area (Å²) in [6.45, 7) is 1.92. The van der Waals surface area contributed by atoms with Gasteiger partial charge in [-0.3, -0.25) is 10.1 Å². The zero-order valence-electron chi connectivity index (χ0n) is 14.5. The summed E-state index contributed by atoms with van der Waals surface area (Å²) < 4.78 is 5.66. The van der Waals surface area contributed by atoms with E-state index >= 15 is 0 Å². The number of rotatable bonds is 7. The molecule has 0 aliphatic carbocycles. The van der Waals surface area contributed by atoms with Crippen molar-refractivity contribution in [2.45, 2.75) is 19.4 Å². The Bertz CT molecular complexity index is 704. The van der Waals surface area contributed by atoms with Gasteiger partial charge in [-0.1, -0.05) is 25.1 Å². The van der Waals surface area contributed by atoms with Gasteiger partial charge < -0.3 is 15.0 Å². The van der Waals surface area contributed by atoms with Crippen molar-refractivity contribution in [1.29, 1.82) is 0 Å². The first-order valence-electron chi connectivity index (χ1n) is 7.90. The average Bonchev–Trinajstić information content (AvgIpc) is 3.10. The lowest BCUT2D eigenvalue weighted by Gasteiger charge is -2.21. The van der Waals surface area contributed by atoms with E-state index in [2.05, 4.69) is 15.6 Å². The van der Waals surface area contributed by atoms with Crippen molar-refractivity contribution >= 4 is 28.4 Å². The van der Waals surface area contributed by atoms with Gasteiger partial charge >= 0.3 is 6.03 Å². The monoisotopic (exact) mass is 362 g/mol. The molecule has 1 heterocycles. The number of nitrogens with zero attached hydrogens (tertiary/aromatic N) is 2. The maximum absolute atomic E-state index is 12.2. The molecular formula is C17H22N4O3S. The molecular weight excluding hydrogens is 340 g/mol. The molecule has 25 heavy (non-hydrogen) atoms. The number of amides is 3. The molecule has 1 aromatic heterocycles. The number of likely N-dealkylation sites (N-methyl/N-ethyl adjacent to an activating group) is 1. The maximum Gasteiger partial charge on any atom is 0.321 e. The fourth-order valence-electron chi connectivity index (χ4n) is 2.14. The molecule has 3 amide bonds. The van der Waals surface area contributed by atoms with E-state index in [1.807, 2.05) is 25.1 Å². The molecule has 0 spiro atoms. The molecule has 0 radical (unpaired) electrons. The normalized spacial score (nSPS) is 11.5. The van der Waals surface area contributed by atoms with Gasteiger partial charge in [0.25, 0.3) is 5.91 Å². The first-order chi connectivity index (χ1) is 12.0. The summed E-state index contributed by atoms with van der Waals surface area (Å²) in [5.41, 5.74) is 0.825. The van der Waals surface area contributed by atoms with Crippen LogP contribution >= 0.6 is 11.3 Å². The second-order valence-corrected chi connectivity index (χ2v) is 6.41. The van der Waals surface area contributed by atoms with Crippen molar-refractivity contribution in [2.24, 2.45) is 0 Å². The molecule has 2 aromatic rings. The number of para-hydroxylation sites is 1. The van der Waals surface area contributed by atoms with Gasteiger partial charge in [-0.2, -0.15) is 0 Å². The highest BCUT2D eigenvalue weighted by Gasteiger charge is 2.18. The van der Waals surface area contributed by atoms with Crippen LogP contribution in [0, 0.1) is 0 Å². The van der Waals surface area contributed by atoms with Crippen molar-refractivity contribution < 1.29 is 14.3 Å². The van der Waals surface area contributed by atoms with Crippen LogP contribution in [0.15, 0.2) is 35.8 Å². The zero-order valence-corrected chi connectivity index (χ0v) is 15.3. The number of carbonyl (C=O) groups is 2. The van der Waals surface area contributed by atoms with E-state index in [1.54, 1.807) is 31.7 Å². The topological polar surface area (TPSA) is 83.6 Å². The second kappa shape index (κ2) is 9.03. The quantitative estimate of drug-likeness (QED) is 0.793. The van der Waals surface area contributed by atoms with Crippen LogP contribution in [0.25, 0.3) is 0 Å². The first kappa shape index (κ1) is 18.7. The molecule has 0 saturated heterocycles. The number of carbonyl (C=O) groups excluding carboxylic acids is 2. The Morgan fingerprint density at radius 2 is 2.08 bits per heavy atom. The van der Waals surface area contributed by atoms with Gasteiger partial charge in [0.1, 0.15) is 5.75 Å². The molecule has 2 rings (SSSR count). The molecule has 0 bridgehead atoms. The molecule has 0 aliphatic heterocycles. The fourth-order valence-corrected chi connectivity index (χ4v) is 2.67. The minimum absolute atomic E-state index is 0.0498. The van der Waals surface area contributed by atoms with Gasteiger partial charge in [0.15, 0.2) is 11.7 Å². The van der Waals surface area contributed by atoms with Crippen LogP contribution in [-0.2, 0) is 4.79 Å². The molecule has 134 valence electrons. The SMILES string of the molecule is CCC(NC(=O)Nc1nccs1)c1ccccc1OCC(=O)N(C)C. The highest BCUT2D eigenvalue weighted by atomic mass is 32.1. The van der Waals surface area contributed by atoms with E-state index in [9.17, 15) is 9.59 Å². The van der Waals surface area contributed by atoms with Gasteiger partial charge in [-0.05, 0) is 12.5 Å². The highest BCUT2D eigenvalue weighted by molar-refractivity contribution is 7.13. The van der Waals surface area contributed by atoms with E-state index < -0.39 is 0 Å². The van der Waals surface area contributed by atoms with Crippen molar-refractivity contribution in [3.8, 4) is 5.75 Å². The van der Waals surface area contributed by atoms with Crippen LogP contribution in [0.2, 0.25) is 0 Å². The Kier molecular flexibility index (Phi) is 6.76. The third-order valence-corrected chi connectivity index (χ3v) is 4.20. The van der Waals surface area contributed by atoms with Crippen LogP contribution in [0.5, 0.6) is 5.75 Å². The standard InChI is InChI=1S/C17H22N4O3S/c1-4-13(19-16(23)20-17-18-9-10-25-17)12-7-5-6-8-14(12)24-11-15(22)21(2)3/h5-10,13H,4,11H2,1-3H3,(H2,18,19,20,23). The second-order valence-electron chi connectivity index (χ2n) is 5.51. The number of hydrogen-bond donors (Lipinski definition) is 2. The lowest BCUT2D eigenvalue weighted by Crippen LogP contribution is -2.33. The van der Waals surface area contributed by atoms with Crippen LogP contribution in [-0.4, -0.2) is 42.5 Å². The molecule has 7 nitrogen and oxygen atoms in total. The molecule has 2 N–H and O–H groups in total. The minimum Gasteiger partial charge on any atom is -0.483 e. The lowest BCUT2D eigenvalue weighted by molar-refractivity contribution is -0.130. The van der Waals surface area contributed by atoms with Crippen molar-refractivity contribution in [1.82, 2.24) is 15.2 Å². The predicted molar refractivity (Wildman–Crippen MR) is 97.9 cm³/mol. The van der Waals surface area contributed by atoms with Crippen LogP contribution in [0.4, 0.5) is 9.93 Å². The molecule has 1 aromatic carbocycles. The van der Waals surface area contributed by atoms with Crippen LogP contribution < -0.4 is 15.4 Å². The summed E-state index contributed by atoms with van der Waals surface area (Å²) in [5, 5.41) is 7.94. The smallest absolute Gasteiger partial charge is 0.321 e. The number of urea groups is 1. The van der Waals surface area contributed by atoms with Gasteiger partial charge in [0.2, 0.25) is 0 Å². The Balaban J connectivity index is 2.06. The van der Waals surface area contributed by atoms with Crippen LogP contribution in [0.3, 0.4) is 0 Å². The first-order valence-corrected chi connectivity index (χ1v) is 8.78. The number of nitrogens with one attached hydrogen (secondary N) is 2. The Hall–Kier alpha value is -2.61. The fraction of sp³-hybridized carbons (Fsp3) is 0.353. The van der Waals surface area contributed by atoms with Crippen molar-refractivity contribution in [2.75, 3.05) is 26.0 Å². The van der Waals surface area contributed by atoms with Gasteiger partial charge in [0.05, 0.1) is 6.04 Å². The zero-order chi connectivity index (χ0) is 18.2. The summed E-state index contributed by atoms with van der Waals surface area (Å²) in [7, 11) is 3.36. The third kappa shape index (κ3) is 5.46. The summed E-state index contributed by atoms with van der Waals surface area (Å²) >= 11 is 1.35. The number of benzene rings is 1. The Labute approximate surface area is 151 Å². The molecule has 1 atom stereocenters. The minimum atomic E-state index is -0.332. The summed E-state index contributed by atoms with van der Waals surface area (Å²) in [5.74, 6) is 0.455. The van der Waals surface area contributed by atoms with E-state index in [1.165, 1.54) is 16.2 Å². The summed E-state index contributed by atoms with van der Waals surface area (Å²) in [6.07, 6.45) is 2.30. The van der Waals surface area contributed by atoms with Gasteiger partial charge in [-0.15, -0.1) is 11.3 Å². The third-order valence-electron chi connectivity index (χ3n) is 3.51. The number of ether oxygens (including phenoxy) is 1. The number of aromatic nitrogens is 1. The average molecular weight is 362 g/mol. The van der Waals surface area contributed by atoms with Crippen molar-refractivity contribution in [3.05, 3.63) is 41.4 Å². The Morgan fingerprint density at radius 1 is 1.32 bits per heavy atom. The van der Waals surface area contributed by atoms with Crippen LogP contribution in [0.1, 0.15) is 24.9 Å². The largest absolute Gasteiger partial charge is 0.483 e. The molecule has 0 saturated carbocycles. The summed E-state index contributed by atoms with van der Waals surface area (Å²) in [4.78, 5) is 29.4. The van der Waals surface area contributed by atoms with E-state index in [-0.39, 0.29) is 24.6 Å². The van der Waals surface area contributed by atoms with E-state index in [0.717, 1.165) is 5.56 Å². The van der Waals surface area contributed by atoms with E-state index in [0.29, 0.717) is 17.3 Å². The highest BCUT2D eigenvalue weighted by Crippen LogP contribution is 2.27. The predicted octanol–water partition coefficient (Wildman–Crippen LogP) is 2.88. The number of anilines is 1.